The largest absolute Gasteiger partial charge is 0.342 e. The zero-order valence-electron chi connectivity index (χ0n) is 18.8. The lowest BCUT2D eigenvalue weighted by molar-refractivity contribution is -0.113. The molecule has 2 N–H and O–H groups in total. The Morgan fingerprint density at radius 3 is 2.59 bits per heavy atom. The van der Waals surface area contributed by atoms with Gasteiger partial charge in [-0.25, -0.2) is 0 Å². The van der Waals surface area contributed by atoms with E-state index in [0.29, 0.717) is 38.8 Å². The predicted molar refractivity (Wildman–Crippen MR) is 138 cm³/mol. The van der Waals surface area contributed by atoms with E-state index >= 15 is 0 Å². The topological polar surface area (TPSA) is 88.9 Å². The Morgan fingerprint density at radius 2 is 1.91 bits per heavy atom. The Morgan fingerprint density at radius 1 is 1.15 bits per heavy atom. The molecular formula is C24H25Cl2N5O2S. The van der Waals surface area contributed by atoms with E-state index in [-0.39, 0.29) is 23.5 Å². The van der Waals surface area contributed by atoms with Gasteiger partial charge in [-0.15, -0.1) is 16.8 Å². The van der Waals surface area contributed by atoms with E-state index in [4.69, 9.17) is 23.2 Å². The molecule has 3 rings (SSSR count). The first-order chi connectivity index (χ1) is 16.3. The number of carbonyl (C=O) groups is 2. The van der Waals surface area contributed by atoms with E-state index in [2.05, 4.69) is 27.4 Å². The SMILES string of the molecule is C=CCn1c(SCC(=O)Nc2cccc(Cl)c2)nnc1C(NC(=O)c1ccccc1Cl)C(C)C. The second-order valence-corrected chi connectivity index (χ2v) is 9.55. The number of carbonyl (C=O) groups excluding carboxylic acids is 2. The molecule has 0 aliphatic rings. The molecule has 0 aliphatic carbocycles. The predicted octanol–water partition coefficient (Wildman–Crippen LogP) is 5.63. The summed E-state index contributed by atoms with van der Waals surface area (Å²) < 4.78 is 1.85. The molecule has 1 heterocycles. The number of halogens is 2. The number of nitrogens with zero attached hydrogens (tertiary/aromatic N) is 3. The van der Waals surface area contributed by atoms with Crippen LogP contribution in [0.2, 0.25) is 10.0 Å². The highest BCUT2D eigenvalue weighted by Gasteiger charge is 2.27. The van der Waals surface area contributed by atoms with Crippen LogP contribution in [0.5, 0.6) is 0 Å². The number of rotatable bonds is 10. The highest BCUT2D eigenvalue weighted by Crippen LogP contribution is 2.27. The summed E-state index contributed by atoms with van der Waals surface area (Å²) in [6.45, 7) is 8.21. The molecule has 7 nitrogen and oxygen atoms in total. The normalized spacial score (nSPS) is 11.8. The van der Waals surface area contributed by atoms with Crippen LogP contribution in [-0.2, 0) is 11.3 Å². The quantitative estimate of drug-likeness (QED) is 0.268. The van der Waals surface area contributed by atoms with Gasteiger partial charge in [0.15, 0.2) is 11.0 Å². The number of thioether (sulfide) groups is 1. The van der Waals surface area contributed by atoms with E-state index in [1.807, 2.05) is 18.4 Å². The molecule has 0 radical (unpaired) electrons. The van der Waals surface area contributed by atoms with Crippen molar-refractivity contribution in [1.82, 2.24) is 20.1 Å². The van der Waals surface area contributed by atoms with Gasteiger partial charge in [0.25, 0.3) is 5.91 Å². The van der Waals surface area contributed by atoms with Gasteiger partial charge in [0, 0.05) is 17.3 Å². The average molecular weight is 518 g/mol. The van der Waals surface area contributed by atoms with Crippen LogP contribution in [0.3, 0.4) is 0 Å². The van der Waals surface area contributed by atoms with Crippen LogP contribution in [0, 0.1) is 5.92 Å². The lowest BCUT2D eigenvalue weighted by Crippen LogP contribution is -2.34. The maximum atomic E-state index is 12.9. The van der Waals surface area contributed by atoms with E-state index in [0.717, 1.165) is 0 Å². The molecule has 2 aromatic carbocycles. The van der Waals surface area contributed by atoms with Crippen LogP contribution >= 0.6 is 35.0 Å². The lowest BCUT2D eigenvalue weighted by atomic mass is 10.0. The molecule has 1 unspecified atom stereocenters. The summed E-state index contributed by atoms with van der Waals surface area (Å²) in [6.07, 6.45) is 1.72. The lowest BCUT2D eigenvalue weighted by Gasteiger charge is -2.23. The first kappa shape index (κ1) is 25.8. The standard InChI is InChI=1S/C24H25Cl2N5O2S/c1-4-12-31-22(21(15(2)3)28-23(33)18-10-5-6-11-19(18)26)29-30-24(31)34-14-20(32)27-17-9-7-8-16(25)13-17/h4-11,13,15,21H,1,12,14H2,2-3H3,(H,27,32)(H,28,33). The van der Waals surface area contributed by atoms with Gasteiger partial charge in [-0.2, -0.15) is 0 Å². The summed E-state index contributed by atoms with van der Waals surface area (Å²) in [5.41, 5.74) is 1.00. The highest BCUT2D eigenvalue weighted by molar-refractivity contribution is 7.99. The maximum absolute atomic E-state index is 12.9. The summed E-state index contributed by atoms with van der Waals surface area (Å²) in [7, 11) is 0. The number of anilines is 1. The second-order valence-electron chi connectivity index (χ2n) is 7.76. The Kier molecular flexibility index (Phi) is 9.15. The number of nitrogens with one attached hydrogen (secondary N) is 2. The zero-order chi connectivity index (χ0) is 24.7. The fourth-order valence-corrected chi connectivity index (χ4v) is 4.39. The van der Waals surface area contributed by atoms with Gasteiger partial charge in [-0.3, -0.25) is 9.59 Å². The molecular weight excluding hydrogens is 493 g/mol. The Balaban J connectivity index is 1.76. The van der Waals surface area contributed by atoms with Crippen LogP contribution in [0.4, 0.5) is 5.69 Å². The van der Waals surface area contributed by atoms with Crippen LogP contribution in [0.1, 0.15) is 36.1 Å². The number of hydrogen-bond donors (Lipinski definition) is 2. The van der Waals surface area contributed by atoms with Crippen molar-refractivity contribution in [3.8, 4) is 0 Å². The van der Waals surface area contributed by atoms with Crippen molar-refractivity contribution in [3.05, 3.63) is 82.6 Å². The molecule has 3 aromatic rings. The highest BCUT2D eigenvalue weighted by atomic mass is 35.5. The monoisotopic (exact) mass is 517 g/mol. The van der Waals surface area contributed by atoms with Crippen molar-refractivity contribution in [2.24, 2.45) is 5.92 Å². The summed E-state index contributed by atoms with van der Waals surface area (Å²) in [6, 6.07) is 13.4. The number of allylic oxidation sites excluding steroid dienone is 1. The Bertz CT molecular complexity index is 1180. The van der Waals surface area contributed by atoms with Crippen LogP contribution in [0.25, 0.3) is 0 Å². The van der Waals surface area contributed by atoms with Crippen molar-refractivity contribution in [2.45, 2.75) is 31.6 Å². The molecule has 0 spiro atoms. The van der Waals surface area contributed by atoms with Gasteiger partial charge in [-0.05, 0) is 36.2 Å². The molecule has 10 heteroatoms. The number of hydrogen-bond acceptors (Lipinski definition) is 5. The number of benzene rings is 2. The summed E-state index contributed by atoms with van der Waals surface area (Å²) in [5.74, 6) is 0.221. The van der Waals surface area contributed by atoms with Gasteiger partial charge in [0.1, 0.15) is 0 Å². The third-order valence-electron chi connectivity index (χ3n) is 4.85. The minimum atomic E-state index is -0.425. The third kappa shape index (κ3) is 6.62. The Labute approximate surface area is 212 Å². The first-order valence-electron chi connectivity index (χ1n) is 10.6. The van der Waals surface area contributed by atoms with Gasteiger partial charge >= 0.3 is 0 Å². The van der Waals surface area contributed by atoms with E-state index in [1.54, 1.807) is 54.6 Å². The van der Waals surface area contributed by atoms with E-state index in [1.165, 1.54) is 11.8 Å². The second kappa shape index (κ2) is 12.1. The van der Waals surface area contributed by atoms with Crippen molar-refractivity contribution in [1.29, 1.82) is 0 Å². The molecule has 0 saturated carbocycles. The van der Waals surface area contributed by atoms with E-state index < -0.39 is 6.04 Å². The van der Waals surface area contributed by atoms with Crippen molar-refractivity contribution in [3.63, 3.8) is 0 Å². The van der Waals surface area contributed by atoms with Gasteiger partial charge < -0.3 is 15.2 Å². The molecule has 0 aliphatic heterocycles. The van der Waals surface area contributed by atoms with Gasteiger partial charge in [0.2, 0.25) is 5.91 Å². The molecule has 1 atom stereocenters. The van der Waals surface area contributed by atoms with Crippen LogP contribution in [0.15, 0.2) is 66.3 Å². The molecule has 2 amide bonds. The molecule has 0 bridgehead atoms. The van der Waals surface area contributed by atoms with Gasteiger partial charge in [0.05, 0.1) is 22.4 Å². The van der Waals surface area contributed by atoms with Crippen molar-refractivity contribution < 1.29 is 9.59 Å². The molecule has 34 heavy (non-hydrogen) atoms. The fourth-order valence-electron chi connectivity index (χ4n) is 3.22. The summed E-state index contributed by atoms with van der Waals surface area (Å²) >= 11 is 13.4. The molecule has 1 aromatic heterocycles. The summed E-state index contributed by atoms with van der Waals surface area (Å²) in [4.78, 5) is 25.3. The minimum absolute atomic E-state index is 0.0168. The van der Waals surface area contributed by atoms with Crippen LogP contribution < -0.4 is 10.6 Å². The minimum Gasteiger partial charge on any atom is -0.342 e. The maximum Gasteiger partial charge on any atom is 0.253 e. The van der Waals surface area contributed by atoms with Crippen LogP contribution in [-0.4, -0.2) is 32.3 Å². The summed E-state index contributed by atoms with van der Waals surface area (Å²) in [5, 5.41) is 15.9. The van der Waals surface area contributed by atoms with Gasteiger partial charge in [-0.1, -0.05) is 73.1 Å². The zero-order valence-corrected chi connectivity index (χ0v) is 21.1. The number of aromatic nitrogens is 3. The molecule has 0 saturated heterocycles. The molecule has 178 valence electrons. The first-order valence-corrected chi connectivity index (χ1v) is 12.3. The third-order valence-corrected chi connectivity index (χ3v) is 6.38. The van der Waals surface area contributed by atoms with Crippen molar-refractivity contribution in [2.75, 3.05) is 11.1 Å². The smallest absolute Gasteiger partial charge is 0.253 e. The number of amides is 2. The molecule has 0 fully saturated rings. The van der Waals surface area contributed by atoms with E-state index in [9.17, 15) is 9.59 Å². The average Bonchev–Trinajstić information content (AvgIpc) is 3.18. The van der Waals surface area contributed by atoms with Crippen molar-refractivity contribution >= 4 is 52.5 Å². The fraction of sp³-hybridized carbons (Fsp3) is 0.250. The Hall–Kier alpha value is -2.81.